The molecule has 0 heterocycles. The summed E-state index contributed by atoms with van der Waals surface area (Å²) in [5, 5.41) is 3.00. The molecule has 4 heteroatoms. The van der Waals surface area contributed by atoms with Gasteiger partial charge in [0.2, 0.25) is 0 Å². The predicted octanol–water partition coefficient (Wildman–Crippen LogP) is 2.45. The molecule has 1 unspecified atom stereocenters. The topological polar surface area (TPSA) is 67.2 Å². The van der Waals surface area contributed by atoms with Gasteiger partial charge in [0.25, 0.3) is 5.91 Å². The summed E-state index contributed by atoms with van der Waals surface area (Å²) in [6.45, 7) is 10.2. The van der Waals surface area contributed by atoms with Gasteiger partial charge >= 0.3 is 0 Å². The minimum absolute atomic E-state index is 0.0245. The molecule has 1 amide bonds. The summed E-state index contributed by atoms with van der Waals surface area (Å²) in [7, 11) is 0. The van der Waals surface area contributed by atoms with Crippen molar-refractivity contribution in [1.29, 1.82) is 0 Å². The molecule has 1 rings (SSSR count). The number of anilines is 1. The molecule has 1 aromatic carbocycles. The van der Waals surface area contributed by atoms with Crippen LogP contribution in [-0.4, -0.2) is 11.9 Å². The van der Waals surface area contributed by atoms with Crippen molar-refractivity contribution >= 4 is 11.6 Å². The van der Waals surface area contributed by atoms with E-state index in [0.717, 1.165) is 5.56 Å². The average Bonchev–Trinajstić information content (AvgIpc) is 2.27. The fraction of sp³-hybridized carbons (Fsp3) is 0.500. The monoisotopic (exact) mass is 249 g/mol. The molecule has 0 aromatic heterocycles. The van der Waals surface area contributed by atoms with Crippen LogP contribution in [0.1, 0.15) is 43.6 Å². The molecule has 0 fully saturated rings. The number of benzene rings is 1. The maximum absolute atomic E-state index is 12.2. The first-order chi connectivity index (χ1) is 8.25. The van der Waals surface area contributed by atoms with Crippen LogP contribution in [0.15, 0.2) is 18.2 Å². The van der Waals surface area contributed by atoms with Gasteiger partial charge in [-0.05, 0) is 37.0 Å². The Morgan fingerprint density at radius 3 is 2.44 bits per heavy atom. The van der Waals surface area contributed by atoms with Gasteiger partial charge in [0.05, 0.1) is 11.3 Å². The highest BCUT2D eigenvalue weighted by atomic mass is 16.1. The number of rotatable bonds is 3. The summed E-state index contributed by atoms with van der Waals surface area (Å²) in [4.78, 5) is 12.2. The summed E-state index contributed by atoms with van der Waals surface area (Å²) in [5.74, 6) is 5.34. The number of hydrogen-bond acceptors (Lipinski definition) is 3. The fourth-order valence-corrected chi connectivity index (χ4v) is 1.47. The highest BCUT2D eigenvalue weighted by Gasteiger charge is 2.23. The number of carbonyl (C=O) groups is 1. The first-order valence-corrected chi connectivity index (χ1v) is 6.14. The molecule has 4 nitrogen and oxygen atoms in total. The average molecular weight is 249 g/mol. The lowest BCUT2D eigenvalue weighted by atomic mass is 9.88. The molecule has 0 aliphatic heterocycles. The smallest absolute Gasteiger partial charge is 0.253 e. The summed E-state index contributed by atoms with van der Waals surface area (Å²) >= 11 is 0. The number of carbonyl (C=O) groups excluding carboxylic acids is 1. The van der Waals surface area contributed by atoms with Gasteiger partial charge < -0.3 is 10.7 Å². The van der Waals surface area contributed by atoms with Gasteiger partial charge in [0.15, 0.2) is 0 Å². The first-order valence-electron chi connectivity index (χ1n) is 6.14. The summed E-state index contributed by atoms with van der Waals surface area (Å²) in [6.07, 6.45) is 0. The second-order valence-corrected chi connectivity index (χ2v) is 5.75. The number of amides is 1. The quantitative estimate of drug-likeness (QED) is 0.569. The Bertz CT molecular complexity index is 435. The molecule has 0 saturated carbocycles. The number of nitrogen functional groups attached to an aromatic ring is 1. The molecule has 1 atom stereocenters. The summed E-state index contributed by atoms with van der Waals surface area (Å²) in [6, 6.07) is 5.63. The lowest BCUT2D eigenvalue weighted by Crippen LogP contribution is -2.41. The van der Waals surface area contributed by atoms with Gasteiger partial charge in [-0.1, -0.05) is 26.8 Å². The molecule has 0 spiro atoms. The number of aryl methyl sites for hydroxylation is 1. The van der Waals surface area contributed by atoms with Crippen LogP contribution in [0.2, 0.25) is 0 Å². The standard InChI is InChI=1S/C14H23N3O/c1-9-6-7-11(12(8-9)17-15)13(18)16-10(2)14(3,4)5/h6-8,10,17H,15H2,1-5H3,(H,16,18). The van der Waals surface area contributed by atoms with Gasteiger partial charge in [0, 0.05) is 6.04 Å². The third-order valence-corrected chi connectivity index (χ3v) is 3.22. The van der Waals surface area contributed by atoms with E-state index in [1.165, 1.54) is 0 Å². The molecular weight excluding hydrogens is 226 g/mol. The minimum atomic E-state index is -0.106. The zero-order valence-electron chi connectivity index (χ0n) is 11.8. The van der Waals surface area contributed by atoms with Crippen LogP contribution < -0.4 is 16.6 Å². The van der Waals surface area contributed by atoms with Gasteiger partial charge in [-0.3, -0.25) is 10.6 Å². The molecule has 4 N–H and O–H groups in total. The third-order valence-electron chi connectivity index (χ3n) is 3.22. The minimum Gasteiger partial charge on any atom is -0.349 e. The summed E-state index contributed by atoms with van der Waals surface area (Å²) < 4.78 is 0. The third kappa shape index (κ3) is 3.47. The predicted molar refractivity (Wildman–Crippen MR) is 75.4 cm³/mol. The molecule has 0 saturated heterocycles. The van der Waals surface area contributed by atoms with Crippen molar-refractivity contribution in [2.45, 2.75) is 40.7 Å². The lowest BCUT2D eigenvalue weighted by molar-refractivity contribution is 0.0911. The molecule has 100 valence electrons. The Kier molecular flexibility index (Phi) is 4.35. The van der Waals surface area contributed by atoms with E-state index in [4.69, 9.17) is 5.84 Å². The van der Waals surface area contributed by atoms with Crippen molar-refractivity contribution in [3.63, 3.8) is 0 Å². The Balaban J connectivity index is 2.91. The van der Waals surface area contributed by atoms with Crippen molar-refractivity contribution in [3.05, 3.63) is 29.3 Å². The molecule has 0 aliphatic carbocycles. The van der Waals surface area contributed by atoms with Crippen LogP contribution in [0.4, 0.5) is 5.69 Å². The van der Waals surface area contributed by atoms with Crippen LogP contribution >= 0.6 is 0 Å². The second kappa shape index (κ2) is 5.40. The van der Waals surface area contributed by atoms with Crippen LogP contribution in [0.3, 0.4) is 0 Å². The van der Waals surface area contributed by atoms with E-state index in [1.54, 1.807) is 6.07 Å². The zero-order chi connectivity index (χ0) is 13.9. The first kappa shape index (κ1) is 14.5. The highest BCUT2D eigenvalue weighted by Crippen LogP contribution is 2.21. The Morgan fingerprint density at radius 2 is 1.94 bits per heavy atom. The highest BCUT2D eigenvalue weighted by molar-refractivity contribution is 5.99. The maximum Gasteiger partial charge on any atom is 0.253 e. The van der Waals surface area contributed by atoms with Crippen LogP contribution in [0.25, 0.3) is 0 Å². The zero-order valence-corrected chi connectivity index (χ0v) is 11.8. The number of nitrogens with one attached hydrogen (secondary N) is 2. The SMILES string of the molecule is Cc1ccc(C(=O)NC(C)C(C)(C)C)c(NN)c1. The van der Waals surface area contributed by atoms with E-state index in [9.17, 15) is 4.79 Å². The molecule has 0 aliphatic rings. The van der Waals surface area contributed by atoms with Crippen molar-refractivity contribution in [2.75, 3.05) is 5.43 Å². The van der Waals surface area contributed by atoms with Crippen LogP contribution in [0, 0.1) is 12.3 Å². The molecule has 0 bridgehead atoms. The van der Waals surface area contributed by atoms with E-state index in [-0.39, 0.29) is 17.4 Å². The Morgan fingerprint density at radius 1 is 1.33 bits per heavy atom. The van der Waals surface area contributed by atoms with Crippen molar-refractivity contribution in [2.24, 2.45) is 11.3 Å². The summed E-state index contributed by atoms with van der Waals surface area (Å²) in [5.41, 5.74) is 4.87. The largest absolute Gasteiger partial charge is 0.349 e. The van der Waals surface area contributed by atoms with E-state index in [1.807, 2.05) is 26.0 Å². The van der Waals surface area contributed by atoms with Crippen molar-refractivity contribution in [3.8, 4) is 0 Å². The maximum atomic E-state index is 12.2. The Labute approximate surface area is 109 Å². The van der Waals surface area contributed by atoms with E-state index < -0.39 is 0 Å². The number of nitrogens with two attached hydrogens (primary N) is 1. The van der Waals surface area contributed by atoms with Gasteiger partial charge in [-0.2, -0.15) is 0 Å². The molecular formula is C14H23N3O. The van der Waals surface area contributed by atoms with E-state index >= 15 is 0 Å². The van der Waals surface area contributed by atoms with E-state index in [2.05, 4.69) is 31.5 Å². The van der Waals surface area contributed by atoms with E-state index in [0.29, 0.717) is 11.3 Å². The number of hydrazine groups is 1. The van der Waals surface area contributed by atoms with Crippen LogP contribution in [0.5, 0.6) is 0 Å². The van der Waals surface area contributed by atoms with Gasteiger partial charge in [-0.25, -0.2) is 0 Å². The molecule has 1 aromatic rings. The Hall–Kier alpha value is -1.55. The fourth-order valence-electron chi connectivity index (χ4n) is 1.47. The van der Waals surface area contributed by atoms with Crippen molar-refractivity contribution < 1.29 is 4.79 Å². The lowest BCUT2D eigenvalue weighted by Gasteiger charge is -2.28. The van der Waals surface area contributed by atoms with Crippen molar-refractivity contribution in [1.82, 2.24) is 5.32 Å². The second-order valence-electron chi connectivity index (χ2n) is 5.75. The van der Waals surface area contributed by atoms with Gasteiger partial charge in [-0.15, -0.1) is 0 Å². The molecule has 0 radical (unpaired) electrons. The number of hydrogen-bond donors (Lipinski definition) is 3. The normalized spacial score (nSPS) is 13.0. The van der Waals surface area contributed by atoms with Crippen LogP contribution in [-0.2, 0) is 0 Å². The van der Waals surface area contributed by atoms with Gasteiger partial charge in [0.1, 0.15) is 0 Å². The molecule has 18 heavy (non-hydrogen) atoms.